The van der Waals surface area contributed by atoms with Crippen LogP contribution in [0.15, 0.2) is 109 Å². The molecule has 2 N–H and O–H groups in total. The van der Waals surface area contributed by atoms with Crippen LogP contribution in [-0.2, 0) is 27.9 Å². The number of rotatable bonds is 53. The summed E-state index contributed by atoms with van der Waals surface area (Å²) in [6, 6.07) is -0.867. The van der Waals surface area contributed by atoms with Crippen LogP contribution in [0, 0.1) is 0 Å². The molecular formula is C65H114N2O7P+. The van der Waals surface area contributed by atoms with Gasteiger partial charge < -0.3 is 19.4 Å². The predicted octanol–water partition coefficient (Wildman–Crippen LogP) is 18.6. The van der Waals surface area contributed by atoms with Gasteiger partial charge in [0.2, 0.25) is 5.91 Å². The summed E-state index contributed by atoms with van der Waals surface area (Å²) in [6.45, 7) is 6.72. The molecule has 0 saturated heterocycles. The van der Waals surface area contributed by atoms with Crippen molar-refractivity contribution >= 4 is 19.7 Å². The maximum absolute atomic E-state index is 13.5. The van der Waals surface area contributed by atoms with E-state index in [9.17, 15) is 19.0 Å². The average molecular weight is 1070 g/mol. The summed E-state index contributed by atoms with van der Waals surface area (Å²) in [5.41, 5.74) is 0. The number of carbonyl (C=O) groups excluding carboxylic acids is 2. The van der Waals surface area contributed by atoms with Gasteiger partial charge in [-0.25, -0.2) is 4.57 Å². The van der Waals surface area contributed by atoms with E-state index in [2.05, 4.69) is 117 Å². The highest BCUT2D eigenvalue weighted by molar-refractivity contribution is 7.47. The molecule has 0 bridgehead atoms. The van der Waals surface area contributed by atoms with Crippen molar-refractivity contribution in [3.8, 4) is 0 Å². The van der Waals surface area contributed by atoms with Gasteiger partial charge in [-0.1, -0.05) is 240 Å². The first-order valence-corrected chi connectivity index (χ1v) is 31.7. The second kappa shape index (κ2) is 54.0. The Labute approximate surface area is 461 Å². The van der Waals surface area contributed by atoms with E-state index in [-0.39, 0.29) is 31.5 Å². The van der Waals surface area contributed by atoms with Crippen LogP contribution in [0.3, 0.4) is 0 Å². The van der Waals surface area contributed by atoms with Crippen molar-refractivity contribution in [2.45, 2.75) is 251 Å². The number of hydrogen-bond donors (Lipinski definition) is 2. The van der Waals surface area contributed by atoms with Gasteiger partial charge in [0.1, 0.15) is 19.3 Å². The number of phosphoric ester groups is 1. The lowest BCUT2D eigenvalue weighted by molar-refractivity contribution is -0.870. The number of quaternary nitrogens is 1. The topological polar surface area (TPSA) is 111 Å². The highest BCUT2D eigenvalue weighted by Crippen LogP contribution is 2.43. The standard InChI is InChI=1S/C65H113N2O7P/c1-7-10-13-16-19-22-25-27-28-29-30-31-32-33-34-35-36-37-38-40-43-46-49-52-55-58-65(69)74-63(56-53-50-47-44-41-24-21-18-15-12-9-3)62(61-73-75(70,71)72-60-59-67(4,5)6)66-64(68)57-54-51-48-45-42-39-26-23-20-17-14-11-8-2/h10-11,13-14,17,19-20,22-23,26-28,30-31,33-34,53,56,62-63H,7-9,12,15-16,18,21,24-25,29,32,35-52,54-55,57-61H2,1-6H3,(H-,66,68,70,71)/p+1/b13-10-,14-11+,20-17+,22-19-,26-23-,28-27-,31-30-,34-33-,56-53-. The van der Waals surface area contributed by atoms with Crippen molar-refractivity contribution in [2.75, 3.05) is 40.9 Å². The van der Waals surface area contributed by atoms with Gasteiger partial charge in [0.05, 0.1) is 33.8 Å². The summed E-state index contributed by atoms with van der Waals surface area (Å²) in [5.74, 6) is -0.544. The van der Waals surface area contributed by atoms with E-state index in [1.165, 1.54) is 77.0 Å². The smallest absolute Gasteiger partial charge is 0.456 e. The molecule has 0 heterocycles. The number of carbonyl (C=O) groups is 2. The first-order chi connectivity index (χ1) is 36.4. The number of ether oxygens (including phenoxy) is 1. The second-order valence-electron chi connectivity index (χ2n) is 21.2. The average Bonchev–Trinajstić information content (AvgIpc) is 3.37. The Morgan fingerprint density at radius 1 is 0.493 bits per heavy atom. The van der Waals surface area contributed by atoms with Crippen molar-refractivity contribution in [3.63, 3.8) is 0 Å². The van der Waals surface area contributed by atoms with E-state index in [1.807, 2.05) is 39.4 Å². The van der Waals surface area contributed by atoms with E-state index >= 15 is 0 Å². The van der Waals surface area contributed by atoms with Gasteiger partial charge in [0, 0.05) is 12.8 Å². The van der Waals surface area contributed by atoms with Crippen molar-refractivity contribution in [1.82, 2.24) is 5.32 Å². The number of hydrogen-bond acceptors (Lipinski definition) is 6. The van der Waals surface area contributed by atoms with Gasteiger partial charge in [-0.3, -0.25) is 18.6 Å². The molecule has 9 nitrogen and oxygen atoms in total. The SMILES string of the molecule is CC/C=C\C/C=C\C/C=C\C/C=C\C/C=C\CCCCCCCCCCCC(=O)OC(/C=C\CCCCCCCCCCC)C(COP(=O)(O)OCC[N+](C)(C)C)NC(=O)CCCCCCC\C=C/C=C/C=C/CC. The Bertz CT molecular complexity index is 1650. The minimum atomic E-state index is -4.46. The van der Waals surface area contributed by atoms with Crippen molar-refractivity contribution < 1.29 is 37.3 Å². The second-order valence-corrected chi connectivity index (χ2v) is 22.6. The highest BCUT2D eigenvalue weighted by Gasteiger charge is 2.30. The van der Waals surface area contributed by atoms with Gasteiger partial charge in [-0.15, -0.1) is 0 Å². The lowest BCUT2D eigenvalue weighted by atomic mass is 10.1. The van der Waals surface area contributed by atoms with Crippen LogP contribution >= 0.6 is 7.82 Å². The third-order valence-corrected chi connectivity index (χ3v) is 13.8. The van der Waals surface area contributed by atoms with E-state index in [4.69, 9.17) is 13.8 Å². The summed E-state index contributed by atoms with van der Waals surface area (Å²) < 4.78 is 30.6. The lowest BCUT2D eigenvalue weighted by Crippen LogP contribution is -2.47. The number of unbranched alkanes of at least 4 members (excludes halogenated alkanes) is 23. The van der Waals surface area contributed by atoms with Crippen molar-refractivity contribution in [1.29, 1.82) is 0 Å². The third-order valence-electron chi connectivity index (χ3n) is 12.8. The molecule has 0 aromatic rings. The minimum absolute atomic E-state index is 0.0295. The number of allylic oxidation sites excluding steroid dienone is 17. The normalized spacial score (nSPS) is 14.5. The van der Waals surface area contributed by atoms with E-state index in [1.54, 1.807) is 0 Å². The monoisotopic (exact) mass is 1070 g/mol. The Morgan fingerprint density at radius 2 is 0.920 bits per heavy atom. The van der Waals surface area contributed by atoms with Crippen LogP contribution in [0.1, 0.15) is 239 Å². The maximum atomic E-state index is 13.5. The van der Waals surface area contributed by atoms with E-state index in [0.29, 0.717) is 17.4 Å². The number of amides is 1. The molecule has 0 aliphatic rings. The maximum Gasteiger partial charge on any atom is 0.472 e. The zero-order valence-corrected chi connectivity index (χ0v) is 49.9. The molecule has 0 aromatic carbocycles. The third kappa shape index (κ3) is 55.2. The molecular weight excluding hydrogens is 952 g/mol. The quantitative estimate of drug-likeness (QED) is 0.0156. The fourth-order valence-corrected chi connectivity index (χ4v) is 8.88. The Hall–Kier alpha value is -3.33. The summed E-state index contributed by atoms with van der Waals surface area (Å²) in [4.78, 5) is 37.6. The summed E-state index contributed by atoms with van der Waals surface area (Å²) in [6.07, 6.45) is 73.8. The lowest BCUT2D eigenvalue weighted by Gasteiger charge is -2.27. The number of nitrogens with zero attached hydrogens (tertiary/aromatic N) is 1. The molecule has 3 unspecified atom stereocenters. The van der Waals surface area contributed by atoms with Crippen molar-refractivity contribution in [3.05, 3.63) is 109 Å². The highest BCUT2D eigenvalue weighted by atomic mass is 31.2. The number of phosphoric acid groups is 1. The first kappa shape index (κ1) is 71.7. The van der Waals surface area contributed by atoms with Crippen LogP contribution in [0.2, 0.25) is 0 Å². The summed E-state index contributed by atoms with van der Waals surface area (Å²) in [5, 5.41) is 3.03. The van der Waals surface area contributed by atoms with Crippen LogP contribution in [0.4, 0.5) is 0 Å². The number of nitrogens with one attached hydrogen (secondary N) is 1. The molecule has 75 heavy (non-hydrogen) atoms. The molecule has 0 spiro atoms. The van der Waals surface area contributed by atoms with Crippen molar-refractivity contribution in [2.24, 2.45) is 0 Å². The molecule has 0 aliphatic heterocycles. The van der Waals surface area contributed by atoms with Gasteiger partial charge in [-0.2, -0.15) is 0 Å². The molecule has 3 atom stereocenters. The fourth-order valence-electron chi connectivity index (χ4n) is 8.14. The van der Waals surface area contributed by atoms with E-state index < -0.39 is 20.0 Å². The molecule has 10 heteroatoms. The van der Waals surface area contributed by atoms with Gasteiger partial charge in [0.15, 0.2) is 0 Å². The van der Waals surface area contributed by atoms with Crippen LogP contribution < -0.4 is 5.32 Å². The molecule has 1 amide bonds. The first-order valence-electron chi connectivity index (χ1n) is 30.2. The van der Waals surface area contributed by atoms with E-state index in [0.717, 1.165) is 128 Å². The molecule has 0 aliphatic carbocycles. The summed E-state index contributed by atoms with van der Waals surface area (Å²) >= 11 is 0. The van der Waals surface area contributed by atoms with Gasteiger partial charge >= 0.3 is 13.8 Å². The Morgan fingerprint density at radius 3 is 1.43 bits per heavy atom. The zero-order chi connectivity index (χ0) is 55.0. The largest absolute Gasteiger partial charge is 0.472 e. The van der Waals surface area contributed by atoms with Gasteiger partial charge in [-0.05, 0) is 96.0 Å². The molecule has 430 valence electrons. The van der Waals surface area contributed by atoms with Crippen LogP contribution in [0.5, 0.6) is 0 Å². The number of likely N-dealkylation sites (N-methyl/N-ethyl adjacent to an activating group) is 1. The van der Waals surface area contributed by atoms with Crippen LogP contribution in [-0.4, -0.2) is 74.3 Å². The Kier molecular flexibility index (Phi) is 51.6. The van der Waals surface area contributed by atoms with Crippen LogP contribution in [0.25, 0.3) is 0 Å². The zero-order valence-electron chi connectivity index (χ0n) is 49.0. The molecule has 0 aromatic heterocycles. The molecule has 0 radical (unpaired) electrons. The number of esters is 1. The van der Waals surface area contributed by atoms with Gasteiger partial charge in [0.25, 0.3) is 0 Å². The molecule has 0 rings (SSSR count). The molecule has 0 fully saturated rings. The molecule has 0 saturated carbocycles. The predicted molar refractivity (Wildman–Crippen MR) is 323 cm³/mol. The fraction of sp³-hybridized carbons (Fsp3) is 0.692. The minimum Gasteiger partial charge on any atom is -0.456 e. The Balaban J connectivity index is 5.16. The summed E-state index contributed by atoms with van der Waals surface area (Å²) in [7, 11) is 1.46.